The molecule has 5 heteroatoms. The van der Waals surface area contributed by atoms with Crippen LogP contribution in [0.4, 0.5) is 0 Å². The van der Waals surface area contributed by atoms with Crippen LogP contribution in [0.15, 0.2) is 12.2 Å². The number of carbonyl (C=O) groups excluding carboxylic acids is 1. The molecule has 0 spiro atoms. The van der Waals surface area contributed by atoms with Crippen LogP contribution in [0, 0.1) is 0 Å². The topological polar surface area (TPSA) is 89.8 Å². The number of aliphatic hydroxyl groups is 3. The monoisotopic (exact) mass is 820 g/mol. The summed E-state index contributed by atoms with van der Waals surface area (Å²) in [5.41, 5.74) is 0. The predicted octanol–water partition coefficient (Wildman–Crippen LogP) is 15.9. The van der Waals surface area contributed by atoms with Gasteiger partial charge in [0, 0.05) is 0 Å². The number of rotatable bonds is 49. The molecule has 0 aliphatic carbocycles. The fraction of sp³-hybridized carbons (Fsp3) is 0.943. The normalized spacial score (nSPS) is 13.4. The van der Waals surface area contributed by atoms with Crippen LogP contribution in [0.3, 0.4) is 0 Å². The number of unbranched alkanes of at least 4 members (excludes halogenated alkanes) is 40. The van der Waals surface area contributed by atoms with Gasteiger partial charge in [-0.15, -0.1) is 0 Å². The average molecular weight is 820 g/mol. The van der Waals surface area contributed by atoms with E-state index in [9.17, 15) is 20.1 Å². The van der Waals surface area contributed by atoms with Crippen molar-refractivity contribution >= 4 is 5.91 Å². The van der Waals surface area contributed by atoms with Crippen molar-refractivity contribution in [2.75, 3.05) is 6.61 Å². The standard InChI is InChI=1S/C53H105NO4/c1-3-5-7-9-11-13-15-17-19-20-21-22-23-24-25-26-27-28-29-30-31-32-33-34-36-38-40-42-44-46-50(56)48-53(58)54-51(49-55)52(57)47-45-43-41-39-37-35-18-16-14-12-10-8-6-4-2/h45,47,50-52,55-57H,3-44,46,48-49H2,1-2H3,(H,54,58)/b47-45+. The van der Waals surface area contributed by atoms with Gasteiger partial charge in [0.2, 0.25) is 5.91 Å². The molecular weight excluding hydrogens is 715 g/mol. The number of hydrogen-bond donors (Lipinski definition) is 4. The van der Waals surface area contributed by atoms with E-state index < -0.39 is 18.2 Å². The molecule has 0 heterocycles. The smallest absolute Gasteiger partial charge is 0.222 e. The van der Waals surface area contributed by atoms with Crippen LogP contribution >= 0.6 is 0 Å². The Morgan fingerprint density at radius 3 is 1.00 bits per heavy atom. The first kappa shape index (κ1) is 57.1. The minimum Gasteiger partial charge on any atom is -0.394 e. The molecule has 58 heavy (non-hydrogen) atoms. The Kier molecular flexibility index (Phi) is 48.0. The summed E-state index contributed by atoms with van der Waals surface area (Å²) < 4.78 is 0. The molecule has 0 fully saturated rings. The van der Waals surface area contributed by atoms with E-state index in [1.165, 1.54) is 244 Å². The Hall–Kier alpha value is -0.910. The molecular formula is C53H105NO4. The second-order valence-corrected chi connectivity index (χ2v) is 18.5. The summed E-state index contributed by atoms with van der Waals surface area (Å²) in [7, 11) is 0. The number of carbonyl (C=O) groups is 1. The molecule has 346 valence electrons. The van der Waals surface area contributed by atoms with Crippen LogP contribution in [0.5, 0.6) is 0 Å². The van der Waals surface area contributed by atoms with Gasteiger partial charge in [-0.1, -0.05) is 283 Å². The highest BCUT2D eigenvalue weighted by atomic mass is 16.3. The fourth-order valence-electron chi connectivity index (χ4n) is 8.52. The van der Waals surface area contributed by atoms with Crippen molar-refractivity contribution in [3.63, 3.8) is 0 Å². The predicted molar refractivity (Wildman–Crippen MR) is 255 cm³/mol. The molecule has 0 bridgehead atoms. The highest BCUT2D eigenvalue weighted by Gasteiger charge is 2.20. The van der Waals surface area contributed by atoms with Gasteiger partial charge in [-0.05, 0) is 19.3 Å². The molecule has 0 radical (unpaired) electrons. The van der Waals surface area contributed by atoms with Crippen molar-refractivity contribution in [2.45, 2.75) is 315 Å². The van der Waals surface area contributed by atoms with Gasteiger partial charge in [0.25, 0.3) is 0 Å². The summed E-state index contributed by atoms with van der Waals surface area (Å²) in [5.74, 6) is -0.310. The Bertz CT molecular complexity index is 818. The molecule has 1 amide bonds. The van der Waals surface area contributed by atoms with Crippen molar-refractivity contribution in [3.8, 4) is 0 Å². The first-order valence-corrected chi connectivity index (χ1v) is 26.5. The summed E-state index contributed by atoms with van der Waals surface area (Å²) in [5, 5.41) is 33.3. The van der Waals surface area contributed by atoms with Crippen LogP contribution in [0.1, 0.15) is 296 Å². The lowest BCUT2D eigenvalue weighted by Crippen LogP contribution is -2.45. The van der Waals surface area contributed by atoms with Gasteiger partial charge < -0.3 is 20.6 Å². The zero-order valence-electron chi connectivity index (χ0n) is 39.5. The van der Waals surface area contributed by atoms with Crippen molar-refractivity contribution in [1.29, 1.82) is 0 Å². The van der Waals surface area contributed by atoms with Crippen LogP contribution in [0.25, 0.3) is 0 Å². The Morgan fingerprint density at radius 2 is 0.707 bits per heavy atom. The third-order valence-electron chi connectivity index (χ3n) is 12.6. The van der Waals surface area contributed by atoms with Gasteiger partial charge in [0.1, 0.15) is 0 Å². The Balaban J connectivity index is 3.49. The molecule has 0 aromatic carbocycles. The van der Waals surface area contributed by atoms with Crippen molar-refractivity contribution < 1.29 is 20.1 Å². The number of hydrogen-bond acceptors (Lipinski definition) is 4. The molecule has 0 aliphatic rings. The second-order valence-electron chi connectivity index (χ2n) is 18.5. The summed E-state index contributed by atoms with van der Waals surface area (Å²) in [6.07, 6.45) is 59.7. The Labute approximate surface area is 363 Å². The van der Waals surface area contributed by atoms with Crippen molar-refractivity contribution in [3.05, 3.63) is 12.2 Å². The number of amides is 1. The molecule has 0 aromatic heterocycles. The largest absolute Gasteiger partial charge is 0.394 e. The summed E-state index contributed by atoms with van der Waals surface area (Å²) in [6, 6.07) is -0.739. The maximum atomic E-state index is 12.5. The minimum absolute atomic E-state index is 0.0192. The van der Waals surface area contributed by atoms with E-state index in [1.807, 2.05) is 6.08 Å². The third-order valence-corrected chi connectivity index (χ3v) is 12.6. The zero-order valence-corrected chi connectivity index (χ0v) is 39.5. The molecule has 5 nitrogen and oxygen atoms in total. The molecule has 0 saturated heterocycles. The van der Waals surface area contributed by atoms with E-state index in [-0.39, 0.29) is 18.9 Å². The minimum atomic E-state index is -0.924. The summed E-state index contributed by atoms with van der Waals surface area (Å²) in [4.78, 5) is 12.5. The van der Waals surface area contributed by atoms with E-state index in [2.05, 4.69) is 19.2 Å². The van der Waals surface area contributed by atoms with Gasteiger partial charge in [0.15, 0.2) is 0 Å². The van der Waals surface area contributed by atoms with Gasteiger partial charge in [0.05, 0.1) is 31.3 Å². The zero-order chi connectivity index (χ0) is 42.3. The van der Waals surface area contributed by atoms with Gasteiger partial charge >= 0.3 is 0 Å². The van der Waals surface area contributed by atoms with E-state index >= 15 is 0 Å². The third kappa shape index (κ3) is 44.6. The summed E-state index contributed by atoms with van der Waals surface area (Å²) in [6.45, 7) is 4.24. The van der Waals surface area contributed by atoms with E-state index in [4.69, 9.17) is 0 Å². The molecule has 3 unspecified atom stereocenters. The molecule has 0 saturated carbocycles. The molecule has 3 atom stereocenters. The lowest BCUT2D eigenvalue weighted by Gasteiger charge is -2.21. The molecule has 4 N–H and O–H groups in total. The first-order valence-electron chi connectivity index (χ1n) is 26.5. The maximum Gasteiger partial charge on any atom is 0.222 e. The number of aliphatic hydroxyl groups excluding tert-OH is 3. The fourth-order valence-corrected chi connectivity index (χ4v) is 8.52. The maximum absolute atomic E-state index is 12.5. The molecule has 0 aromatic rings. The van der Waals surface area contributed by atoms with Crippen LogP contribution in [-0.4, -0.2) is 46.1 Å². The van der Waals surface area contributed by atoms with Crippen LogP contribution in [0.2, 0.25) is 0 Å². The SMILES string of the molecule is CCCCCCCCCCCCCC/C=C/C(O)C(CO)NC(=O)CC(O)CCCCCCCCCCCCCCCCCCCCCCCCCCCCCCC. The Morgan fingerprint density at radius 1 is 0.431 bits per heavy atom. The lowest BCUT2D eigenvalue weighted by molar-refractivity contribution is -0.124. The van der Waals surface area contributed by atoms with Gasteiger partial charge in [-0.3, -0.25) is 4.79 Å². The number of nitrogens with one attached hydrogen (secondary N) is 1. The van der Waals surface area contributed by atoms with E-state index in [0.29, 0.717) is 6.42 Å². The van der Waals surface area contributed by atoms with Gasteiger partial charge in [-0.2, -0.15) is 0 Å². The van der Waals surface area contributed by atoms with Crippen molar-refractivity contribution in [2.24, 2.45) is 0 Å². The first-order chi connectivity index (χ1) is 28.5. The highest BCUT2D eigenvalue weighted by molar-refractivity contribution is 5.76. The molecule has 0 rings (SSSR count). The highest BCUT2D eigenvalue weighted by Crippen LogP contribution is 2.18. The quantitative estimate of drug-likeness (QED) is 0.0364. The van der Waals surface area contributed by atoms with Gasteiger partial charge in [-0.25, -0.2) is 0 Å². The lowest BCUT2D eigenvalue weighted by atomic mass is 10.0. The molecule has 0 aliphatic heterocycles. The number of allylic oxidation sites excluding steroid dienone is 1. The van der Waals surface area contributed by atoms with E-state index in [0.717, 1.165) is 25.7 Å². The van der Waals surface area contributed by atoms with Crippen LogP contribution in [-0.2, 0) is 4.79 Å². The second kappa shape index (κ2) is 48.8. The van der Waals surface area contributed by atoms with E-state index in [1.54, 1.807) is 6.08 Å². The average Bonchev–Trinajstić information content (AvgIpc) is 3.22. The van der Waals surface area contributed by atoms with Crippen molar-refractivity contribution in [1.82, 2.24) is 5.32 Å². The van der Waals surface area contributed by atoms with Crippen LogP contribution < -0.4 is 5.32 Å². The summed E-state index contributed by atoms with van der Waals surface area (Å²) >= 11 is 0.